The first-order chi connectivity index (χ1) is 9.49. The number of carbonyl (C=O) groups excluding carboxylic acids is 1. The van der Waals surface area contributed by atoms with Crippen molar-refractivity contribution in [1.82, 2.24) is 15.2 Å². The largest absolute Gasteiger partial charge is 0.379 e. The van der Waals surface area contributed by atoms with Gasteiger partial charge in [0.2, 0.25) is 0 Å². The highest BCUT2D eigenvalue weighted by Crippen LogP contribution is 2.15. The van der Waals surface area contributed by atoms with E-state index in [4.69, 9.17) is 4.74 Å². The third-order valence-electron chi connectivity index (χ3n) is 3.50. The Bertz CT molecular complexity index is 473. The molecule has 5 nitrogen and oxygen atoms in total. The molecule has 0 radical (unpaired) electrons. The summed E-state index contributed by atoms with van der Waals surface area (Å²) in [7, 11) is 0. The number of aromatic nitrogens is 1. The maximum absolute atomic E-state index is 12.1. The summed E-state index contributed by atoms with van der Waals surface area (Å²) in [4.78, 5) is 18.6. The molecule has 1 saturated heterocycles. The number of amides is 1. The van der Waals surface area contributed by atoms with Crippen molar-refractivity contribution < 1.29 is 9.53 Å². The predicted molar refractivity (Wildman–Crippen MR) is 80.7 cm³/mol. The summed E-state index contributed by atoms with van der Waals surface area (Å²) < 4.78 is 6.02. The van der Waals surface area contributed by atoms with Gasteiger partial charge in [-0.3, -0.25) is 9.69 Å². The summed E-state index contributed by atoms with van der Waals surface area (Å²) in [6, 6.07) is 5.31. The first-order valence-electron chi connectivity index (χ1n) is 6.72. The van der Waals surface area contributed by atoms with E-state index in [0.29, 0.717) is 16.8 Å². The summed E-state index contributed by atoms with van der Waals surface area (Å²) in [5.74, 6) is -0.146. The van der Waals surface area contributed by atoms with Crippen LogP contribution in [0.25, 0.3) is 0 Å². The number of nitrogens with one attached hydrogen (secondary N) is 1. The Morgan fingerprint density at radius 3 is 2.80 bits per heavy atom. The van der Waals surface area contributed by atoms with Crippen molar-refractivity contribution in [1.29, 1.82) is 0 Å². The van der Waals surface area contributed by atoms with E-state index in [1.165, 1.54) is 0 Å². The van der Waals surface area contributed by atoms with E-state index >= 15 is 0 Å². The summed E-state index contributed by atoms with van der Waals surface area (Å²) in [6.07, 6.45) is 0. The minimum absolute atomic E-state index is 0.0918. The number of halogens is 1. The Hall–Kier alpha value is -0.980. The molecule has 1 aliphatic heterocycles. The number of carbonyl (C=O) groups is 1. The molecule has 0 atom stereocenters. The monoisotopic (exact) mass is 341 g/mol. The molecule has 0 unspecified atom stereocenters. The molecular weight excluding hydrogens is 322 g/mol. The lowest BCUT2D eigenvalue weighted by Crippen LogP contribution is -2.55. The zero-order chi connectivity index (χ0) is 14.6. The third kappa shape index (κ3) is 4.01. The average molecular weight is 342 g/mol. The fraction of sp³-hybridized carbons (Fsp3) is 0.571. The fourth-order valence-corrected chi connectivity index (χ4v) is 2.55. The molecular formula is C14H20BrN3O2. The molecule has 110 valence electrons. The Morgan fingerprint density at radius 2 is 2.15 bits per heavy atom. The molecule has 2 heterocycles. The van der Waals surface area contributed by atoms with Crippen LogP contribution in [0, 0.1) is 0 Å². The topological polar surface area (TPSA) is 54.5 Å². The van der Waals surface area contributed by atoms with Crippen molar-refractivity contribution in [2.24, 2.45) is 0 Å². The number of morpholine rings is 1. The van der Waals surface area contributed by atoms with Crippen molar-refractivity contribution in [3.63, 3.8) is 0 Å². The zero-order valence-corrected chi connectivity index (χ0v) is 13.4. The highest BCUT2D eigenvalue weighted by atomic mass is 79.9. The van der Waals surface area contributed by atoms with Gasteiger partial charge < -0.3 is 10.1 Å². The zero-order valence-electron chi connectivity index (χ0n) is 11.9. The molecule has 20 heavy (non-hydrogen) atoms. The lowest BCUT2D eigenvalue weighted by atomic mass is 10.0. The number of pyridine rings is 1. The van der Waals surface area contributed by atoms with E-state index < -0.39 is 0 Å². The van der Waals surface area contributed by atoms with Gasteiger partial charge in [-0.25, -0.2) is 4.98 Å². The molecule has 1 aromatic rings. The van der Waals surface area contributed by atoms with Crippen LogP contribution in [0.5, 0.6) is 0 Å². The quantitative estimate of drug-likeness (QED) is 0.846. The van der Waals surface area contributed by atoms with Gasteiger partial charge in [-0.1, -0.05) is 6.07 Å². The molecule has 1 amide bonds. The van der Waals surface area contributed by atoms with Crippen LogP contribution in [0.4, 0.5) is 0 Å². The molecule has 0 aromatic carbocycles. The van der Waals surface area contributed by atoms with Gasteiger partial charge in [0.15, 0.2) is 0 Å². The molecule has 1 aromatic heterocycles. The van der Waals surface area contributed by atoms with Crippen LogP contribution < -0.4 is 5.32 Å². The summed E-state index contributed by atoms with van der Waals surface area (Å²) in [5.41, 5.74) is 0.336. The first kappa shape index (κ1) is 15.4. The minimum atomic E-state index is -0.146. The van der Waals surface area contributed by atoms with Crippen LogP contribution in [0.15, 0.2) is 22.8 Å². The molecule has 0 bridgehead atoms. The van der Waals surface area contributed by atoms with E-state index in [-0.39, 0.29) is 11.4 Å². The second kappa shape index (κ2) is 6.65. The highest BCUT2D eigenvalue weighted by molar-refractivity contribution is 9.10. The normalized spacial score (nSPS) is 16.9. The van der Waals surface area contributed by atoms with Crippen molar-refractivity contribution in [2.75, 3.05) is 32.8 Å². The van der Waals surface area contributed by atoms with Gasteiger partial charge in [-0.15, -0.1) is 0 Å². The number of hydrogen-bond donors (Lipinski definition) is 1. The van der Waals surface area contributed by atoms with Gasteiger partial charge in [-0.05, 0) is 41.9 Å². The molecule has 0 saturated carbocycles. The van der Waals surface area contributed by atoms with Crippen LogP contribution in [0.1, 0.15) is 24.3 Å². The Labute approximate surface area is 127 Å². The van der Waals surface area contributed by atoms with Gasteiger partial charge in [0.25, 0.3) is 5.91 Å². The molecule has 1 aliphatic rings. The van der Waals surface area contributed by atoms with Crippen LogP contribution in [-0.2, 0) is 4.74 Å². The van der Waals surface area contributed by atoms with E-state index in [0.717, 1.165) is 26.3 Å². The fourth-order valence-electron chi connectivity index (χ4n) is 2.20. The van der Waals surface area contributed by atoms with Crippen molar-refractivity contribution in [2.45, 2.75) is 19.4 Å². The lowest BCUT2D eigenvalue weighted by Gasteiger charge is -2.40. The lowest BCUT2D eigenvalue weighted by molar-refractivity contribution is -0.00924. The van der Waals surface area contributed by atoms with E-state index in [1.54, 1.807) is 18.2 Å². The second-order valence-corrected chi connectivity index (χ2v) is 6.25. The average Bonchev–Trinajstić information content (AvgIpc) is 2.46. The van der Waals surface area contributed by atoms with Gasteiger partial charge in [0.1, 0.15) is 10.3 Å². The van der Waals surface area contributed by atoms with Crippen LogP contribution in [-0.4, -0.2) is 54.2 Å². The molecule has 1 N–H and O–H groups in total. The van der Waals surface area contributed by atoms with E-state index in [1.807, 2.05) is 0 Å². The summed E-state index contributed by atoms with van der Waals surface area (Å²) >= 11 is 3.27. The summed E-state index contributed by atoms with van der Waals surface area (Å²) in [5, 5.41) is 2.96. The number of nitrogens with zero attached hydrogens (tertiary/aromatic N) is 2. The maximum Gasteiger partial charge on any atom is 0.269 e. The van der Waals surface area contributed by atoms with Crippen molar-refractivity contribution >= 4 is 21.8 Å². The van der Waals surface area contributed by atoms with Crippen LogP contribution in [0.3, 0.4) is 0 Å². The van der Waals surface area contributed by atoms with Gasteiger partial charge >= 0.3 is 0 Å². The number of ether oxygens (including phenoxy) is 1. The molecule has 0 aliphatic carbocycles. The smallest absolute Gasteiger partial charge is 0.269 e. The standard InChI is InChI=1S/C14H20BrN3O2/c1-14(2,18-6-8-20-9-7-18)10-16-13(19)11-4-3-5-12(15)17-11/h3-5H,6-10H2,1-2H3,(H,16,19). The molecule has 6 heteroatoms. The molecule has 0 spiro atoms. The third-order valence-corrected chi connectivity index (χ3v) is 3.94. The Balaban J connectivity index is 1.91. The highest BCUT2D eigenvalue weighted by Gasteiger charge is 2.28. The number of rotatable bonds is 4. The maximum atomic E-state index is 12.1. The second-order valence-electron chi connectivity index (χ2n) is 5.44. The van der Waals surface area contributed by atoms with Crippen LogP contribution >= 0.6 is 15.9 Å². The van der Waals surface area contributed by atoms with Gasteiger partial charge in [0.05, 0.1) is 13.2 Å². The van der Waals surface area contributed by atoms with E-state index in [2.05, 4.69) is 45.0 Å². The van der Waals surface area contributed by atoms with Crippen molar-refractivity contribution in [3.05, 3.63) is 28.5 Å². The van der Waals surface area contributed by atoms with Gasteiger partial charge in [0, 0.05) is 25.2 Å². The van der Waals surface area contributed by atoms with Gasteiger partial charge in [-0.2, -0.15) is 0 Å². The molecule has 1 fully saturated rings. The molecule has 2 rings (SSSR count). The van der Waals surface area contributed by atoms with E-state index in [9.17, 15) is 4.79 Å². The first-order valence-corrected chi connectivity index (χ1v) is 7.52. The SMILES string of the molecule is CC(C)(CNC(=O)c1cccc(Br)n1)N1CCOCC1. The van der Waals surface area contributed by atoms with Crippen LogP contribution in [0.2, 0.25) is 0 Å². The predicted octanol–water partition coefficient (Wildman–Crippen LogP) is 1.68. The Kier molecular flexibility index (Phi) is 5.12. The number of hydrogen-bond acceptors (Lipinski definition) is 4. The Morgan fingerprint density at radius 1 is 1.45 bits per heavy atom. The summed E-state index contributed by atoms with van der Waals surface area (Å²) in [6.45, 7) is 8.16. The minimum Gasteiger partial charge on any atom is -0.379 e. The van der Waals surface area contributed by atoms with Crippen molar-refractivity contribution in [3.8, 4) is 0 Å².